The van der Waals surface area contributed by atoms with Crippen molar-refractivity contribution in [3.05, 3.63) is 243 Å². The molecule has 0 bridgehead atoms. The van der Waals surface area contributed by atoms with E-state index >= 15 is 0 Å². The Morgan fingerprint density at radius 1 is 0.258 bits per heavy atom. The monoisotopic (exact) mass is 844 g/mol. The summed E-state index contributed by atoms with van der Waals surface area (Å²) < 4.78 is 13.7. The molecule has 0 saturated carbocycles. The van der Waals surface area contributed by atoms with Crippen molar-refractivity contribution < 1.29 is 8.83 Å². The molecule has 66 heavy (non-hydrogen) atoms. The maximum atomic E-state index is 7.13. The number of rotatable bonds is 8. The van der Waals surface area contributed by atoms with Gasteiger partial charge in [0.15, 0.2) is 11.2 Å². The van der Waals surface area contributed by atoms with Gasteiger partial charge in [0.05, 0.1) is 11.4 Å². The largest absolute Gasteiger partial charge is 0.454 e. The van der Waals surface area contributed by atoms with Crippen molar-refractivity contribution >= 4 is 99.5 Å². The van der Waals surface area contributed by atoms with Crippen molar-refractivity contribution in [2.75, 3.05) is 9.80 Å². The third kappa shape index (κ3) is 6.15. The van der Waals surface area contributed by atoms with Gasteiger partial charge in [0, 0.05) is 49.9 Å². The Labute approximate surface area is 381 Å². The van der Waals surface area contributed by atoms with E-state index in [1.165, 1.54) is 21.5 Å². The van der Waals surface area contributed by atoms with Crippen LogP contribution in [0.25, 0.3) is 87.7 Å². The van der Waals surface area contributed by atoms with Gasteiger partial charge < -0.3 is 18.6 Å². The Morgan fingerprint density at radius 2 is 0.697 bits per heavy atom. The molecule has 13 aromatic rings. The zero-order valence-electron chi connectivity index (χ0n) is 35.8. The second-order valence-electron chi connectivity index (χ2n) is 16.8. The normalized spacial score (nSPS) is 11.6. The second kappa shape index (κ2) is 15.4. The first-order valence-corrected chi connectivity index (χ1v) is 22.4. The first-order valence-electron chi connectivity index (χ1n) is 22.4. The van der Waals surface area contributed by atoms with Gasteiger partial charge in [-0.3, -0.25) is 0 Å². The van der Waals surface area contributed by atoms with Crippen molar-refractivity contribution in [2.45, 2.75) is 0 Å². The summed E-state index contributed by atoms with van der Waals surface area (Å²) in [5, 5.41) is 9.28. The zero-order chi connectivity index (χ0) is 43.6. The highest BCUT2D eigenvalue weighted by Gasteiger charge is 2.23. The van der Waals surface area contributed by atoms with Crippen LogP contribution < -0.4 is 9.80 Å². The number of hydrogen-bond acceptors (Lipinski definition) is 4. The van der Waals surface area contributed by atoms with Gasteiger partial charge in [0.1, 0.15) is 11.2 Å². The SMILES string of the molecule is c1ccc(N(c2ccc(-c3ccc(N(c4ccccc4)c4cccc5c4oc4c(-c6cc7ccccc7c7ccccc67)cccc45)cc3)cc2)c2cccc3c2oc2ccccc23)cc1. The fourth-order valence-corrected chi connectivity index (χ4v) is 9.99. The van der Waals surface area contributed by atoms with Gasteiger partial charge in [-0.15, -0.1) is 0 Å². The summed E-state index contributed by atoms with van der Waals surface area (Å²) in [6, 6.07) is 86.0. The minimum Gasteiger partial charge on any atom is -0.454 e. The number of benzene rings is 11. The Balaban J connectivity index is 0.890. The van der Waals surface area contributed by atoms with Crippen LogP contribution in [0.4, 0.5) is 34.1 Å². The van der Waals surface area contributed by atoms with Crippen LogP contribution in [0.2, 0.25) is 0 Å². The standard InChI is InChI=1S/C62H40N2O2/c1-3-17-44(18-4-1)63(57-29-14-27-52-51-24-11-12-31-59(51)65-61(52)57)46-36-32-41(33-37-46)42-34-38-47(39-35-42)64(45-19-5-2-6-20-45)58-30-15-28-54-53-25-13-26-55(60(53)66-62(54)58)56-40-43-16-7-8-21-48(43)49-22-9-10-23-50(49)56/h1-40H. The van der Waals surface area contributed by atoms with Crippen molar-refractivity contribution in [1.82, 2.24) is 0 Å². The van der Waals surface area contributed by atoms with E-state index in [1.54, 1.807) is 0 Å². The molecule has 0 radical (unpaired) electrons. The van der Waals surface area contributed by atoms with Gasteiger partial charge in [-0.1, -0.05) is 170 Å². The van der Waals surface area contributed by atoms with Gasteiger partial charge in [0.2, 0.25) is 0 Å². The molecular formula is C62H40N2O2. The molecule has 0 saturated heterocycles. The van der Waals surface area contributed by atoms with E-state index in [0.717, 1.165) is 100 Å². The number of furan rings is 2. The van der Waals surface area contributed by atoms with Crippen LogP contribution in [-0.2, 0) is 0 Å². The predicted molar refractivity (Wildman–Crippen MR) is 276 cm³/mol. The molecular weight excluding hydrogens is 805 g/mol. The summed E-state index contributed by atoms with van der Waals surface area (Å²) in [4.78, 5) is 4.58. The zero-order valence-corrected chi connectivity index (χ0v) is 35.8. The van der Waals surface area contributed by atoms with Crippen molar-refractivity contribution in [2.24, 2.45) is 0 Å². The molecule has 0 fully saturated rings. The molecule has 0 amide bonds. The maximum absolute atomic E-state index is 7.13. The molecule has 4 nitrogen and oxygen atoms in total. The predicted octanol–water partition coefficient (Wildman–Crippen LogP) is 18.1. The lowest BCUT2D eigenvalue weighted by atomic mass is 9.92. The summed E-state index contributed by atoms with van der Waals surface area (Å²) in [5.74, 6) is 0. The number of para-hydroxylation sites is 6. The average molecular weight is 845 g/mol. The molecule has 2 aromatic heterocycles. The van der Waals surface area contributed by atoms with E-state index in [-0.39, 0.29) is 0 Å². The first-order chi connectivity index (χ1) is 32.7. The van der Waals surface area contributed by atoms with Crippen molar-refractivity contribution in [1.29, 1.82) is 0 Å². The average Bonchev–Trinajstić information content (AvgIpc) is 3.97. The third-order valence-electron chi connectivity index (χ3n) is 13.0. The first kappa shape index (κ1) is 37.7. The number of anilines is 6. The molecule has 310 valence electrons. The number of nitrogens with zero attached hydrogens (tertiary/aromatic N) is 2. The van der Waals surface area contributed by atoms with Crippen LogP contribution in [-0.4, -0.2) is 0 Å². The lowest BCUT2D eigenvalue weighted by Crippen LogP contribution is -2.10. The second-order valence-corrected chi connectivity index (χ2v) is 16.8. The van der Waals surface area contributed by atoms with Gasteiger partial charge >= 0.3 is 0 Å². The van der Waals surface area contributed by atoms with Crippen molar-refractivity contribution in [3.8, 4) is 22.3 Å². The van der Waals surface area contributed by atoms with E-state index in [0.29, 0.717) is 0 Å². The molecule has 0 spiro atoms. The molecule has 13 rings (SSSR count). The van der Waals surface area contributed by atoms with Crippen LogP contribution in [0.1, 0.15) is 0 Å². The third-order valence-corrected chi connectivity index (χ3v) is 13.0. The van der Waals surface area contributed by atoms with Crippen molar-refractivity contribution in [3.63, 3.8) is 0 Å². The highest BCUT2D eigenvalue weighted by Crippen LogP contribution is 2.47. The molecule has 0 aliphatic carbocycles. The number of fused-ring (bicyclic) bond motifs is 9. The molecule has 0 N–H and O–H groups in total. The molecule has 0 aliphatic rings. The van der Waals surface area contributed by atoms with Crippen LogP contribution in [0.15, 0.2) is 251 Å². The highest BCUT2D eigenvalue weighted by atomic mass is 16.3. The lowest BCUT2D eigenvalue weighted by Gasteiger charge is -2.26. The van der Waals surface area contributed by atoms with E-state index in [4.69, 9.17) is 8.83 Å². The molecule has 0 unspecified atom stereocenters. The lowest BCUT2D eigenvalue weighted by molar-refractivity contribution is 0.669. The smallest absolute Gasteiger partial charge is 0.159 e. The Bertz CT molecular complexity index is 3930. The minimum atomic E-state index is 0.842. The minimum absolute atomic E-state index is 0.842. The number of hydrogen-bond donors (Lipinski definition) is 0. The Kier molecular flexibility index (Phi) is 8.81. The maximum Gasteiger partial charge on any atom is 0.159 e. The van der Waals surface area contributed by atoms with Crippen LogP contribution in [0.3, 0.4) is 0 Å². The molecule has 2 heterocycles. The van der Waals surface area contributed by atoms with E-state index < -0.39 is 0 Å². The van der Waals surface area contributed by atoms with E-state index in [1.807, 2.05) is 12.1 Å². The molecule has 0 atom stereocenters. The van der Waals surface area contributed by atoms with Gasteiger partial charge in [-0.25, -0.2) is 0 Å². The van der Waals surface area contributed by atoms with E-state index in [9.17, 15) is 0 Å². The summed E-state index contributed by atoms with van der Waals surface area (Å²) in [6.07, 6.45) is 0. The molecule has 0 aliphatic heterocycles. The Hall–Kier alpha value is -8.86. The Morgan fingerprint density at radius 3 is 1.32 bits per heavy atom. The summed E-state index contributed by atoms with van der Waals surface area (Å²) in [6.45, 7) is 0. The van der Waals surface area contributed by atoms with E-state index in [2.05, 4.69) is 240 Å². The molecule has 4 heteroatoms. The quantitative estimate of drug-likeness (QED) is 0.143. The summed E-state index contributed by atoms with van der Waals surface area (Å²) in [5.41, 5.74) is 14.1. The molecule has 11 aromatic carbocycles. The van der Waals surface area contributed by atoms with Crippen LogP contribution >= 0.6 is 0 Å². The van der Waals surface area contributed by atoms with Crippen LogP contribution in [0, 0.1) is 0 Å². The van der Waals surface area contributed by atoms with Gasteiger partial charge in [-0.05, 0) is 111 Å². The van der Waals surface area contributed by atoms with Gasteiger partial charge in [-0.2, -0.15) is 0 Å². The topological polar surface area (TPSA) is 32.8 Å². The summed E-state index contributed by atoms with van der Waals surface area (Å²) >= 11 is 0. The fourth-order valence-electron chi connectivity index (χ4n) is 9.99. The van der Waals surface area contributed by atoms with Gasteiger partial charge in [0.25, 0.3) is 0 Å². The van der Waals surface area contributed by atoms with Crippen LogP contribution in [0.5, 0.6) is 0 Å². The summed E-state index contributed by atoms with van der Waals surface area (Å²) in [7, 11) is 0. The highest BCUT2D eigenvalue weighted by molar-refractivity contribution is 6.19. The fraction of sp³-hybridized carbons (Fsp3) is 0.